The van der Waals surface area contributed by atoms with Crippen LogP contribution in [0.5, 0.6) is 5.75 Å². The molecule has 0 aliphatic rings. The van der Waals surface area contributed by atoms with E-state index in [9.17, 15) is 9.90 Å². The van der Waals surface area contributed by atoms with Gasteiger partial charge >= 0.3 is 0 Å². The second-order valence-corrected chi connectivity index (χ2v) is 5.51. The molecule has 0 aliphatic carbocycles. The zero-order valence-electron chi connectivity index (χ0n) is 13.0. The molecule has 1 amide bonds. The van der Waals surface area contributed by atoms with Crippen LogP contribution in [0.4, 0.5) is 5.69 Å². The molecule has 6 N–H and O–H groups in total. The van der Waals surface area contributed by atoms with Gasteiger partial charge < -0.3 is 21.9 Å². The predicted octanol–water partition coefficient (Wildman–Crippen LogP) is 2.45. The van der Waals surface area contributed by atoms with E-state index in [0.717, 1.165) is 24.0 Å². The fraction of sp³-hybridized carbons (Fsp3) is 0.278. The monoisotopic (exact) mass is 313 g/mol. The quantitative estimate of drug-likeness (QED) is 0.590. The smallest absolute Gasteiger partial charge is 0.241 e. The van der Waals surface area contributed by atoms with Crippen molar-refractivity contribution in [3.63, 3.8) is 0 Å². The molecule has 1 atom stereocenters. The van der Waals surface area contributed by atoms with Gasteiger partial charge in [0, 0.05) is 5.69 Å². The molecule has 0 saturated carbocycles. The average molecular weight is 313 g/mol. The molecule has 0 aliphatic heterocycles. The summed E-state index contributed by atoms with van der Waals surface area (Å²) in [4.78, 5) is 12.1. The number of amides is 1. The van der Waals surface area contributed by atoms with E-state index in [0.29, 0.717) is 18.7 Å². The molecule has 23 heavy (non-hydrogen) atoms. The van der Waals surface area contributed by atoms with Gasteiger partial charge in [0.1, 0.15) is 5.75 Å². The van der Waals surface area contributed by atoms with Gasteiger partial charge in [0.25, 0.3) is 0 Å². The van der Waals surface area contributed by atoms with Crippen LogP contribution >= 0.6 is 0 Å². The third-order valence-electron chi connectivity index (χ3n) is 3.62. The average Bonchev–Trinajstić information content (AvgIpc) is 2.55. The third-order valence-corrected chi connectivity index (χ3v) is 3.62. The standard InChI is InChI=1S/C18H23N3O2/c19-10-2-1-9-17(20)18(23)21-15-7-3-5-13(11-15)14-6-4-8-16(22)12-14/h3-8,11-12,17,22H,1-2,9-10,19-20H2,(H,21,23)/t17-/m0/s1. The van der Waals surface area contributed by atoms with E-state index in [1.54, 1.807) is 18.2 Å². The number of carbonyl (C=O) groups excluding carboxylic acids is 1. The van der Waals surface area contributed by atoms with Gasteiger partial charge in [0.05, 0.1) is 6.04 Å². The van der Waals surface area contributed by atoms with Crippen LogP contribution < -0.4 is 16.8 Å². The molecule has 5 nitrogen and oxygen atoms in total. The molecule has 2 aromatic rings. The zero-order valence-corrected chi connectivity index (χ0v) is 13.0. The maximum atomic E-state index is 12.1. The Morgan fingerprint density at radius 3 is 2.48 bits per heavy atom. The minimum absolute atomic E-state index is 0.199. The fourth-order valence-electron chi connectivity index (χ4n) is 2.34. The molecule has 0 fully saturated rings. The Kier molecular flexibility index (Phi) is 6.14. The van der Waals surface area contributed by atoms with E-state index in [1.165, 1.54) is 0 Å². The van der Waals surface area contributed by atoms with Gasteiger partial charge in [-0.05, 0) is 54.8 Å². The number of nitrogens with two attached hydrogens (primary N) is 2. The summed E-state index contributed by atoms with van der Waals surface area (Å²) in [5, 5.41) is 12.4. The van der Waals surface area contributed by atoms with Crippen LogP contribution in [0.3, 0.4) is 0 Å². The highest BCUT2D eigenvalue weighted by Crippen LogP contribution is 2.25. The van der Waals surface area contributed by atoms with Crippen molar-refractivity contribution >= 4 is 11.6 Å². The largest absolute Gasteiger partial charge is 0.508 e. The van der Waals surface area contributed by atoms with Crippen molar-refractivity contribution in [2.45, 2.75) is 25.3 Å². The van der Waals surface area contributed by atoms with Crippen LogP contribution in [0.2, 0.25) is 0 Å². The van der Waals surface area contributed by atoms with Gasteiger partial charge in [-0.3, -0.25) is 4.79 Å². The number of carbonyl (C=O) groups is 1. The van der Waals surface area contributed by atoms with Crippen molar-refractivity contribution in [2.24, 2.45) is 11.5 Å². The first-order chi connectivity index (χ1) is 11.1. The number of anilines is 1. The lowest BCUT2D eigenvalue weighted by Crippen LogP contribution is -2.35. The Morgan fingerprint density at radius 2 is 1.78 bits per heavy atom. The lowest BCUT2D eigenvalue weighted by Gasteiger charge is -2.13. The Balaban J connectivity index is 2.04. The highest BCUT2D eigenvalue weighted by atomic mass is 16.3. The summed E-state index contributed by atoms with van der Waals surface area (Å²) in [6.07, 6.45) is 2.33. The number of rotatable bonds is 7. The van der Waals surface area contributed by atoms with Crippen molar-refractivity contribution in [3.05, 3.63) is 48.5 Å². The minimum Gasteiger partial charge on any atom is -0.508 e. The molecular weight excluding hydrogens is 290 g/mol. The Hall–Kier alpha value is -2.37. The number of phenolic OH excluding ortho intramolecular Hbond substituents is 1. The molecule has 0 aromatic heterocycles. The normalized spacial score (nSPS) is 11.9. The lowest BCUT2D eigenvalue weighted by atomic mass is 10.0. The molecule has 0 spiro atoms. The van der Waals surface area contributed by atoms with Crippen LogP contribution in [0, 0.1) is 0 Å². The second kappa shape index (κ2) is 8.31. The Bertz CT molecular complexity index is 658. The van der Waals surface area contributed by atoms with E-state index in [-0.39, 0.29) is 11.7 Å². The van der Waals surface area contributed by atoms with E-state index in [1.807, 2.05) is 30.3 Å². The van der Waals surface area contributed by atoms with Crippen LogP contribution in [-0.2, 0) is 4.79 Å². The number of unbranched alkanes of at least 4 members (excludes halogenated alkanes) is 1. The summed E-state index contributed by atoms with van der Waals surface area (Å²) >= 11 is 0. The molecule has 0 radical (unpaired) electrons. The maximum Gasteiger partial charge on any atom is 0.241 e. The van der Waals surface area contributed by atoms with Crippen molar-refractivity contribution in [1.29, 1.82) is 0 Å². The van der Waals surface area contributed by atoms with Gasteiger partial charge in [-0.25, -0.2) is 0 Å². The van der Waals surface area contributed by atoms with Crippen LogP contribution in [-0.4, -0.2) is 23.6 Å². The van der Waals surface area contributed by atoms with Gasteiger partial charge in [0.15, 0.2) is 0 Å². The molecule has 0 unspecified atom stereocenters. The van der Waals surface area contributed by atoms with Gasteiger partial charge in [-0.1, -0.05) is 30.7 Å². The Labute approximate surface area is 136 Å². The van der Waals surface area contributed by atoms with Gasteiger partial charge in [0.2, 0.25) is 5.91 Å². The number of hydrogen-bond acceptors (Lipinski definition) is 4. The molecule has 0 saturated heterocycles. The Morgan fingerprint density at radius 1 is 1.09 bits per heavy atom. The van der Waals surface area contributed by atoms with Crippen molar-refractivity contribution in [1.82, 2.24) is 0 Å². The summed E-state index contributed by atoms with van der Waals surface area (Å²) in [7, 11) is 0. The first kappa shape index (κ1) is 17.0. The molecule has 122 valence electrons. The van der Waals surface area contributed by atoms with Crippen LogP contribution in [0.1, 0.15) is 19.3 Å². The van der Waals surface area contributed by atoms with E-state index in [2.05, 4.69) is 5.32 Å². The first-order valence-corrected chi connectivity index (χ1v) is 7.76. The van der Waals surface area contributed by atoms with Gasteiger partial charge in [-0.15, -0.1) is 0 Å². The topological polar surface area (TPSA) is 101 Å². The molecular formula is C18H23N3O2. The van der Waals surface area contributed by atoms with E-state index < -0.39 is 6.04 Å². The second-order valence-electron chi connectivity index (χ2n) is 5.51. The summed E-state index contributed by atoms with van der Waals surface area (Å²) < 4.78 is 0. The number of hydrogen-bond donors (Lipinski definition) is 4. The number of aromatic hydroxyl groups is 1. The number of phenols is 1. The molecule has 2 rings (SSSR count). The van der Waals surface area contributed by atoms with Crippen LogP contribution in [0.25, 0.3) is 11.1 Å². The summed E-state index contributed by atoms with van der Waals surface area (Å²) in [5.41, 5.74) is 13.8. The van der Waals surface area contributed by atoms with Gasteiger partial charge in [-0.2, -0.15) is 0 Å². The minimum atomic E-state index is -0.536. The summed E-state index contributed by atoms with van der Waals surface area (Å²) in [6.45, 7) is 0.611. The number of nitrogens with one attached hydrogen (secondary N) is 1. The SMILES string of the molecule is NCCCC[C@H](N)C(=O)Nc1cccc(-c2cccc(O)c2)c1. The predicted molar refractivity (Wildman–Crippen MR) is 93.1 cm³/mol. The van der Waals surface area contributed by atoms with E-state index in [4.69, 9.17) is 11.5 Å². The molecule has 0 heterocycles. The first-order valence-electron chi connectivity index (χ1n) is 7.76. The lowest BCUT2D eigenvalue weighted by molar-refractivity contribution is -0.117. The summed E-state index contributed by atoms with van der Waals surface area (Å²) in [5.74, 6) is 0.00828. The molecule has 0 bridgehead atoms. The van der Waals surface area contributed by atoms with Crippen LogP contribution in [0.15, 0.2) is 48.5 Å². The van der Waals surface area contributed by atoms with E-state index >= 15 is 0 Å². The molecule has 5 heteroatoms. The fourth-order valence-corrected chi connectivity index (χ4v) is 2.34. The highest BCUT2D eigenvalue weighted by molar-refractivity contribution is 5.95. The van der Waals surface area contributed by atoms with Crippen molar-refractivity contribution in [2.75, 3.05) is 11.9 Å². The molecule has 2 aromatic carbocycles. The maximum absolute atomic E-state index is 12.1. The summed E-state index contributed by atoms with van der Waals surface area (Å²) in [6, 6.07) is 13.9. The van der Waals surface area contributed by atoms with Crippen molar-refractivity contribution in [3.8, 4) is 16.9 Å². The highest BCUT2D eigenvalue weighted by Gasteiger charge is 2.13. The zero-order chi connectivity index (χ0) is 16.7. The third kappa shape index (κ3) is 5.09. The number of benzene rings is 2. The van der Waals surface area contributed by atoms with Crippen molar-refractivity contribution < 1.29 is 9.90 Å².